The number of nitrogens with one attached hydrogen (secondary N) is 1. The molecule has 1 aromatic heterocycles. The zero-order chi connectivity index (χ0) is 24.1. The predicted octanol–water partition coefficient (Wildman–Crippen LogP) is 4.00. The number of hydrogen-bond acceptors (Lipinski definition) is 7. The lowest BCUT2D eigenvalue weighted by Crippen LogP contribution is -2.49. The maximum Gasteiger partial charge on any atom is 0.243 e. The summed E-state index contributed by atoms with van der Waals surface area (Å²) in [5.74, 6) is 2.00. The van der Waals surface area contributed by atoms with Crippen molar-refractivity contribution in [2.45, 2.75) is 31.6 Å². The molecule has 1 fully saturated rings. The van der Waals surface area contributed by atoms with Gasteiger partial charge in [-0.05, 0) is 49.7 Å². The summed E-state index contributed by atoms with van der Waals surface area (Å²) >= 11 is 0. The molecular weight excluding hydrogens is 450 g/mol. The lowest BCUT2D eigenvalue weighted by atomic mass is 10.2. The second kappa shape index (κ2) is 10.4. The van der Waals surface area contributed by atoms with Gasteiger partial charge in [-0.2, -0.15) is 9.29 Å². The van der Waals surface area contributed by atoms with Crippen LogP contribution in [0.25, 0.3) is 0 Å². The van der Waals surface area contributed by atoms with Crippen LogP contribution in [0.15, 0.2) is 59.5 Å². The van der Waals surface area contributed by atoms with Gasteiger partial charge in [0.2, 0.25) is 16.0 Å². The molecule has 34 heavy (non-hydrogen) atoms. The Morgan fingerprint density at radius 2 is 1.65 bits per heavy atom. The molecule has 2 heterocycles. The Hall–Kier alpha value is -3.17. The van der Waals surface area contributed by atoms with E-state index in [9.17, 15) is 8.42 Å². The van der Waals surface area contributed by atoms with Crippen molar-refractivity contribution >= 4 is 27.5 Å². The van der Waals surface area contributed by atoms with Crippen molar-refractivity contribution in [3.63, 3.8) is 0 Å². The number of ether oxygens (including phenoxy) is 1. The van der Waals surface area contributed by atoms with Crippen molar-refractivity contribution < 1.29 is 13.2 Å². The second-order valence-electron chi connectivity index (χ2n) is 8.35. The zero-order valence-corrected chi connectivity index (χ0v) is 20.7. The predicted molar refractivity (Wildman–Crippen MR) is 134 cm³/mol. The van der Waals surface area contributed by atoms with Crippen LogP contribution >= 0.6 is 0 Å². The summed E-state index contributed by atoms with van der Waals surface area (Å²) < 4.78 is 32.8. The summed E-state index contributed by atoms with van der Waals surface area (Å²) in [7, 11) is -2.01. The molecule has 0 bridgehead atoms. The molecule has 1 N–H and O–H groups in total. The zero-order valence-electron chi connectivity index (χ0n) is 19.9. The third-order valence-corrected chi connectivity index (χ3v) is 7.73. The Kier molecular flexibility index (Phi) is 7.33. The van der Waals surface area contributed by atoms with E-state index in [4.69, 9.17) is 14.7 Å². The number of aromatic nitrogens is 2. The SMILES string of the molecule is CCCc1cc(Nc2ccc(C)cc2)nc(N2CCN(S(=O)(=O)c3ccc(OC)cc3)CC2)n1. The number of benzene rings is 2. The molecule has 180 valence electrons. The normalized spacial score (nSPS) is 14.7. The fraction of sp³-hybridized carbons (Fsp3) is 0.360. The van der Waals surface area contributed by atoms with Crippen LogP contribution in [0.2, 0.25) is 0 Å². The first-order chi connectivity index (χ1) is 16.4. The van der Waals surface area contributed by atoms with E-state index >= 15 is 0 Å². The molecule has 0 aliphatic carbocycles. The largest absolute Gasteiger partial charge is 0.497 e. The first-order valence-electron chi connectivity index (χ1n) is 11.5. The molecule has 8 nitrogen and oxygen atoms in total. The van der Waals surface area contributed by atoms with Crippen LogP contribution in [0.5, 0.6) is 5.75 Å². The number of aryl methyl sites for hydroxylation is 2. The number of nitrogens with zero attached hydrogens (tertiary/aromatic N) is 4. The Morgan fingerprint density at radius 3 is 2.26 bits per heavy atom. The van der Waals surface area contributed by atoms with E-state index in [0.717, 1.165) is 30.0 Å². The molecule has 1 aliphatic heterocycles. The van der Waals surface area contributed by atoms with Gasteiger partial charge < -0.3 is 15.0 Å². The van der Waals surface area contributed by atoms with Crippen molar-refractivity contribution in [2.24, 2.45) is 0 Å². The summed E-state index contributed by atoms with van der Waals surface area (Å²) in [5, 5.41) is 3.38. The molecule has 2 aromatic carbocycles. The van der Waals surface area contributed by atoms with E-state index < -0.39 is 10.0 Å². The van der Waals surface area contributed by atoms with Crippen LogP contribution in [0.3, 0.4) is 0 Å². The second-order valence-corrected chi connectivity index (χ2v) is 10.3. The lowest BCUT2D eigenvalue weighted by molar-refractivity contribution is 0.382. The summed E-state index contributed by atoms with van der Waals surface area (Å²) in [6, 6.07) is 16.6. The van der Waals surface area contributed by atoms with Gasteiger partial charge in [0.15, 0.2) is 0 Å². The Bertz CT molecular complexity index is 1210. The van der Waals surface area contributed by atoms with Crippen LogP contribution in [0.1, 0.15) is 24.6 Å². The summed E-state index contributed by atoms with van der Waals surface area (Å²) in [6.07, 6.45) is 1.83. The Morgan fingerprint density at radius 1 is 0.971 bits per heavy atom. The fourth-order valence-electron chi connectivity index (χ4n) is 3.88. The maximum absolute atomic E-state index is 13.1. The van der Waals surface area contributed by atoms with Gasteiger partial charge in [0.05, 0.1) is 12.0 Å². The van der Waals surface area contributed by atoms with E-state index in [1.807, 2.05) is 18.2 Å². The van der Waals surface area contributed by atoms with Gasteiger partial charge in [0.1, 0.15) is 11.6 Å². The number of anilines is 3. The average molecular weight is 482 g/mol. The summed E-state index contributed by atoms with van der Waals surface area (Å²) in [5.41, 5.74) is 3.13. The van der Waals surface area contributed by atoms with Crippen molar-refractivity contribution in [3.8, 4) is 5.75 Å². The number of methoxy groups -OCH3 is 1. The van der Waals surface area contributed by atoms with Gasteiger partial charge in [-0.1, -0.05) is 31.0 Å². The van der Waals surface area contributed by atoms with Gasteiger partial charge in [0.25, 0.3) is 0 Å². The summed E-state index contributed by atoms with van der Waals surface area (Å²) in [6.45, 7) is 5.97. The molecule has 0 atom stereocenters. The van der Waals surface area contributed by atoms with Crippen molar-refractivity contribution in [3.05, 3.63) is 65.9 Å². The maximum atomic E-state index is 13.1. The highest BCUT2D eigenvalue weighted by Crippen LogP contribution is 2.24. The Balaban J connectivity index is 1.49. The van der Waals surface area contributed by atoms with E-state index in [-0.39, 0.29) is 4.90 Å². The smallest absolute Gasteiger partial charge is 0.243 e. The number of rotatable bonds is 8. The van der Waals surface area contributed by atoms with Gasteiger partial charge >= 0.3 is 0 Å². The van der Waals surface area contributed by atoms with E-state index in [1.54, 1.807) is 31.4 Å². The minimum absolute atomic E-state index is 0.271. The van der Waals surface area contributed by atoms with E-state index in [1.165, 1.54) is 9.87 Å². The fourth-order valence-corrected chi connectivity index (χ4v) is 5.31. The topological polar surface area (TPSA) is 87.7 Å². The number of piperazine rings is 1. The Labute approximate surface area is 201 Å². The number of sulfonamides is 1. The van der Waals surface area contributed by atoms with E-state index in [0.29, 0.717) is 37.9 Å². The first kappa shape index (κ1) is 24.0. The van der Waals surface area contributed by atoms with Crippen molar-refractivity contribution in [1.29, 1.82) is 0 Å². The van der Waals surface area contributed by atoms with E-state index in [2.05, 4.69) is 36.2 Å². The highest BCUT2D eigenvalue weighted by atomic mass is 32.2. The van der Waals surface area contributed by atoms with Crippen LogP contribution in [0, 0.1) is 6.92 Å². The molecule has 0 spiro atoms. The first-order valence-corrected chi connectivity index (χ1v) is 12.9. The molecule has 0 saturated carbocycles. The average Bonchev–Trinajstić information content (AvgIpc) is 2.85. The quantitative estimate of drug-likeness (QED) is 0.520. The highest BCUT2D eigenvalue weighted by molar-refractivity contribution is 7.89. The minimum atomic E-state index is -3.56. The molecule has 1 saturated heterocycles. The van der Waals surface area contributed by atoms with Gasteiger partial charge in [-0.3, -0.25) is 0 Å². The molecule has 4 rings (SSSR count). The molecule has 1 aliphatic rings. The molecule has 0 radical (unpaired) electrons. The van der Waals surface area contributed by atoms with Crippen molar-refractivity contribution in [2.75, 3.05) is 43.5 Å². The van der Waals surface area contributed by atoms with Gasteiger partial charge in [0, 0.05) is 43.6 Å². The third kappa shape index (κ3) is 5.48. The molecule has 3 aromatic rings. The van der Waals surface area contributed by atoms with Crippen LogP contribution in [-0.2, 0) is 16.4 Å². The standard InChI is InChI=1S/C25H31N5O3S/c1-4-5-21-18-24(26-20-8-6-19(2)7-9-20)28-25(27-21)29-14-16-30(17-15-29)34(31,32)23-12-10-22(33-3)11-13-23/h6-13,18H,4-5,14-17H2,1-3H3,(H,26,27,28). The minimum Gasteiger partial charge on any atom is -0.497 e. The summed E-state index contributed by atoms with van der Waals surface area (Å²) in [4.78, 5) is 11.8. The van der Waals surface area contributed by atoms with Crippen LogP contribution < -0.4 is 15.0 Å². The highest BCUT2D eigenvalue weighted by Gasteiger charge is 2.29. The van der Waals surface area contributed by atoms with Crippen LogP contribution in [-0.4, -0.2) is 56.0 Å². The molecule has 0 amide bonds. The lowest BCUT2D eigenvalue weighted by Gasteiger charge is -2.34. The van der Waals surface area contributed by atoms with Crippen molar-refractivity contribution in [1.82, 2.24) is 14.3 Å². The number of hydrogen-bond donors (Lipinski definition) is 1. The molecule has 0 unspecified atom stereocenters. The molecule has 9 heteroatoms. The van der Waals surface area contributed by atoms with Gasteiger partial charge in [-0.25, -0.2) is 13.4 Å². The monoisotopic (exact) mass is 481 g/mol. The van der Waals surface area contributed by atoms with Crippen LogP contribution in [0.4, 0.5) is 17.5 Å². The van der Waals surface area contributed by atoms with Gasteiger partial charge in [-0.15, -0.1) is 0 Å². The molecular formula is C25H31N5O3S. The third-order valence-electron chi connectivity index (χ3n) is 5.82.